The average molecular weight is 192 g/mol. The molecule has 0 aromatic carbocycles. The van der Waals surface area contributed by atoms with Crippen molar-refractivity contribution < 1.29 is 9.53 Å². The maximum atomic E-state index is 12.0. The maximum Gasteiger partial charge on any atom is 0.170 e. The Morgan fingerprint density at radius 1 is 1.64 bits per heavy atom. The van der Waals surface area contributed by atoms with Crippen LogP contribution in [0, 0.1) is 5.41 Å². The van der Waals surface area contributed by atoms with E-state index >= 15 is 0 Å². The smallest absolute Gasteiger partial charge is 0.170 e. The first kappa shape index (κ1) is 9.66. The van der Waals surface area contributed by atoms with Crippen LogP contribution in [0.5, 0.6) is 0 Å². The SMILES string of the molecule is C=CC1(C(=O)C(=C)C)CCCC2OC21. The second kappa shape index (κ2) is 3.06. The van der Waals surface area contributed by atoms with Gasteiger partial charge in [0.15, 0.2) is 5.78 Å². The van der Waals surface area contributed by atoms with Crippen LogP contribution in [0.4, 0.5) is 0 Å². The van der Waals surface area contributed by atoms with Crippen molar-refractivity contribution in [2.45, 2.75) is 38.4 Å². The first-order valence-corrected chi connectivity index (χ1v) is 5.11. The minimum absolute atomic E-state index is 0.0814. The molecule has 3 unspecified atom stereocenters. The topological polar surface area (TPSA) is 29.6 Å². The van der Waals surface area contributed by atoms with Crippen molar-refractivity contribution in [2.75, 3.05) is 0 Å². The number of hydrogen-bond donors (Lipinski definition) is 0. The third-order valence-corrected chi connectivity index (χ3v) is 3.34. The fourth-order valence-electron chi connectivity index (χ4n) is 2.50. The molecule has 2 nitrogen and oxygen atoms in total. The minimum atomic E-state index is -0.464. The average Bonchev–Trinajstić information content (AvgIpc) is 2.94. The molecule has 0 N–H and O–H groups in total. The van der Waals surface area contributed by atoms with Gasteiger partial charge in [0, 0.05) is 0 Å². The summed E-state index contributed by atoms with van der Waals surface area (Å²) in [5.41, 5.74) is 0.149. The molecular formula is C12H16O2. The highest BCUT2D eigenvalue weighted by molar-refractivity contribution is 6.01. The Morgan fingerprint density at radius 2 is 2.36 bits per heavy atom. The van der Waals surface area contributed by atoms with E-state index in [1.807, 2.05) is 0 Å². The summed E-state index contributed by atoms with van der Waals surface area (Å²) in [5.74, 6) is 0.111. The zero-order valence-electron chi connectivity index (χ0n) is 8.58. The molecule has 14 heavy (non-hydrogen) atoms. The lowest BCUT2D eigenvalue weighted by molar-refractivity contribution is -0.124. The van der Waals surface area contributed by atoms with Crippen molar-refractivity contribution in [2.24, 2.45) is 5.41 Å². The molecule has 1 aliphatic heterocycles. The monoisotopic (exact) mass is 192 g/mol. The van der Waals surface area contributed by atoms with Crippen molar-refractivity contribution in [3.8, 4) is 0 Å². The van der Waals surface area contributed by atoms with Gasteiger partial charge in [-0.3, -0.25) is 4.79 Å². The summed E-state index contributed by atoms with van der Waals surface area (Å²) >= 11 is 0. The minimum Gasteiger partial charge on any atom is -0.368 e. The number of hydrogen-bond acceptors (Lipinski definition) is 2. The highest BCUT2D eigenvalue weighted by atomic mass is 16.6. The number of ether oxygens (including phenoxy) is 1. The van der Waals surface area contributed by atoms with Crippen LogP contribution < -0.4 is 0 Å². The number of allylic oxidation sites excluding steroid dienone is 1. The van der Waals surface area contributed by atoms with E-state index in [0.717, 1.165) is 19.3 Å². The highest BCUT2D eigenvalue weighted by Gasteiger charge is 2.58. The number of fused-ring (bicyclic) bond motifs is 1. The van der Waals surface area contributed by atoms with Gasteiger partial charge in [-0.15, -0.1) is 6.58 Å². The molecule has 0 bridgehead atoms. The van der Waals surface area contributed by atoms with Gasteiger partial charge in [0.05, 0.1) is 11.5 Å². The molecule has 1 saturated heterocycles. The summed E-state index contributed by atoms with van der Waals surface area (Å²) in [5, 5.41) is 0. The molecule has 2 heteroatoms. The van der Waals surface area contributed by atoms with E-state index in [-0.39, 0.29) is 11.9 Å². The van der Waals surface area contributed by atoms with Crippen molar-refractivity contribution in [3.63, 3.8) is 0 Å². The van der Waals surface area contributed by atoms with E-state index in [2.05, 4.69) is 13.2 Å². The van der Waals surface area contributed by atoms with Gasteiger partial charge in [0.1, 0.15) is 6.10 Å². The molecule has 1 heterocycles. The van der Waals surface area contributed by atoms with E-state index in [1.54, 1.807) is 13.0 Å². The van der Waals surface area contributed by atoms with Crippen molar-refractivity contribution in [1.82, 2.24) is 0 Å². The van der Waals surface area contributed by atoms with Crippen molar-refractivity contribution in [1.29, 1.82) is 0 Å². The van der Waals surface area contributed by atoms with Gasteiger partial charge in [-0.1, -0.05) is 12.7 Å². The fraction of sp³-hybridized carbons (Fsp3) is 0.583. The summed E-state index contributed by atoms with van der Waals surface area (Å²) in [6.45, 7) is 9.28. The van der Waals surface area contributed by atoms with E-state index in [0.29, 0.717) is 11.7 Å². The third kappa shape index (κ3) is 1.17. The van der Waals surface area contributed by atoms with Crippen LogP contribution >= 0.6 is 0 Å². The predicted octanol–water partition coefficient (Wildman–Crippen LogP) is 2.26. The van der Waals surface area contributed by atoms with Crippen LogP contribution in [0.15, 0.2) is 24.8 Å². The van der Waals surface area contributed by atoms with Crippen LogP contribution in [0.3, 0.4) is 0 Å². The number of epoxide rings is 1. The molecule has 0 radical (unpaired) electrons. The number of rotatable bonds is 3. The maximum absolute atomic E-state index is 12.0. The predicted molar refractivity (Wildman–Crippen MR) is 55.0 cm³/mol. The molecule has 3 atom stereocenters. The fourth-order valence-corrected chi connectivity index (χ4v) is 2.50. The van der Waals surface area contributed by atoms with Gasteiger partial charge in [-0.2, -0.15) is 0 Å². The molecule has 0 amide bonds. The molecule has 2 aliphatic rings. The third-order valence-electron chi connectivity index (χ3n) is 3.34. The second-order valence-electron chi connectivity index (χ2n) is 4.34. The molecule has 0 spiro atoms. The van der Waals surface area contributed by atoms with Crippen LogP contribution in [0.1, 0.15) is 26.2 Å². The van der Waals surface area contributed by atoms with Crippen molar-refractivity contribution in [3.05, 3.63) is 24.8 Å². The lowest BCUT2D eigenvalue weighted by atomic mass is 9.69. The Labute approximate surface area is 84.6 Å². The second-order valence-corrected chi connectivity index (χ2v) is 4.34. The Morgan fingerprint density at radius 3 is 2.93 bits per heavy atom. The molecule has 2 rings (SSSR count). The van der Waals surface area contributed by atoms with Gasteiger partial charge >= 0.3 is 0 Å². The zero-order chi connectivity index (χ0) is 10.3. The summed E-state index contributed by atoms with van der Waals surface area (Å²) in [4.78, 5) is 12.0. The van der Waals surface area contributed by atoms with Crippen LogP contribution in [0.2, 0.25) is 0 Å². The van der Waals surface area contributed by atoms with Gasteiger partial charge in [0.25, 0.3) is 0 Å². The van der Waals surface area contributed by atoms with Gasteiger partial charge in [0.2, 0.25) is 0 Å². The largest absolute Gasteiger partial charge is 0.368 e. The number of ketones is 1. The highest BCUT2D eigenvalue weighted by Crippen LogP contribution is 2.51. The van der Waals surface area contributed by atoms with E-state index in [9.17, 15) is 4.79 Å². The summed E-state index contributed by atoms with van der Waals surface area (Å²) < 4.78 is 5.52. The van der Waals surface area contributed by atoms with Gasteiger partial charge < -0.3 is 4.74 Å². The number of carbonyl (C=O) groups excluding carboxylic acids is 1. The molecule has 0 aromatic rings. The Balaban J connectivity index is 2.29. The molecular weight excluding hydrogens is 176 g/mol. The van der Waals surface area contributed by atoms with E-state index in [4.69, 9.17) is 4.74 Å². The molecule has 1 saturated carbocycles. The first-order valence-electron chi connectivity index (χ1n) is 5.11. The van der Waals surface area contributed by atoms with E-state index in [1.165, 1.54) is 0 Å². The molecule has 1 aliphatic carbocycles. The van der Waals surface area contributed by atoms with Crippen LogP contribution in [-0.2, 0) is 9.53 Å². The van der Waals surface area contributed by atoms with Gasteiger partial charge in [-0.25, -0.2) is 0 Å². The van der Waals surface area contributed by atoms with Gasteiger partial charge in [-0.05, 0) is 31.8 Å². The normalized spacial score (nSPS) is 39.8. The lowest BCUT2D eigenvalue weighted by Crippen LogP contribution is -2.38. The summed E-state index contributed by atoms with van der Waals surface area (Å²) in [7, 11) is 0. The number of Topliss-reactive ketones (excluding diaryl/α,β-unsaturated/α-hetero) is 1. The summed E-state index contributed by atoms with van der Waals surface area (Å²) in [6.07, 6.45) is 5.15. The number of carbonyl (C=O) groups is 1. The van der Waals surface area contributed by atoms with Crippen LogP contribution in [0.25, 0.3) is 0 Å². The Hall–Kier alpha value is -0.890. The Kier molecular flexibility index (Phi) is 2.11. The molecule has 76 valence electrons. The quantitative estimate of drug-likeness (QED) is 0.390. The Bertz CT molecular complexity index is 305. The zero-order valence-corrected chi connectivity index (χ0v) is 8.58. The van der Waals surface area contributed by atoms with Crippen molar-refractivity contribution >= 4 is 5.78 Å². The molecule has 2 fully saturated rings. The molecule has 0 aromatic heterocycles. The van der Waals surface area contributed by atoms with E-state index < -0.39 is 5.41 Å². The first-order chi connectivity index (χ1) is 6.62. The van der Waals surface area contributed by atoms with Crippen LogP contribution in [-0.4, -0.2) is 18.0 Å². The standard InChI is InChI=1S/C12H16O2/c1-4-12(10(13)8(2)3)7-5-6-9-11(12)14-9/h4,9,11H,1-2,5-7H2,3H3. The summed E-state index contributed by atoms with van der Waals surface area (Å²) in [6, 6.07) is 0. The lowest BCUT2D eigenvalue weighted by Gasteiger charge is -2.30.